The van der Waals surface area contributed by atoms with Crippen molar-refractivity contribution in [2.45, 2.75) is 4.90 Å². The van der Waals surface area contributed by atoms with Crippen molar-refractivity contribution >= 4 is 39.4 Å². The molecule has 35 heavy (non-hydrogen) atoms. The summed E-state index contributed by atoms with van der Waals surface area (Å²) in [6.07, 6.45) is 3.07. The molecule has 10 heteroatoms. The molecule has 0 aliphatic carbocycles. The summed E-state index contributed by atoms with van der Waals surface area (Å²) in [5.74, 6) is 0.500. The molecule has 0 aliphatic heterocycles. The minimum absolute atomic E-state index is 0.000824. The molecule has 1 N–H and O–H groups in total. The van der Waals surface area contributed by atoms with E-state index in [0.29, 0.717) is 28.7 Å². The van der Waals surface area contributed by atoms with E-state index in [2.05, 4.69) is 17.1 Å². The number of ether oxygens (including phenoxy) is 2. The predicted octanol–water partition coefficient (Wildman–Crippen LogP) is 4.26. The zero-order valence-electron chi connectivity index (χ0n) is 18.9. The predicted molar refractivity (Wildman–Crippen MR) is 137 cm³/mol. The molecule has 0 saturated heterocycles. The van der Waals surface area contributed by atoms with E-state index in [1.807, 2.05) is 0 Å². The quantitative estimate of drug-likeness (QED) is 0.235. The van der Waals surface area contributed by atoms with E-state index in [0.717, 1.165) is 4.31 Å². The Hall–Kier alpha value is -3.82. The van der Waals surface area contributed by atoms with Crippen LogP contribution in [0.25, 0.3) is 0 Å². The molecule has 182 valence electrons. The summed E-state index contributed by atoms with van der Waals surface area (Å²) in [5.41, 5.74) is 3.33. The van der Waals surface area contributed by atoms with Crippen molar-refractivity contribution in [3.8, 4) is 11.5 Å². The van der Waals surface area contributed by atoms with Crippen molar-refractivity contribution in [1.29, 1.82) is 0 Å². The van der Waals surface area contributed by atoms with E-state index in [-0.39, 0.29) is 10.6 Å². The van der Waals surface area contributed by atoms with Crippen LogP contribution in [0, 0.1) is 0 Å². The first-order chi connectivity index (χ1) is 16.8. The van der Waals surface area contributed by atoms with Crippen molar-refractivity contribution in [3.63, 3.8) is 0 Å². The Labute approximate surface area is 209 Å². The second-order valence-electron chi connectivity index (χ2n) is 7.13. The monoisotopic (exact) mass is 513 g/mol. The van der Waals surface area contributed by atoms with Gasteiger partial charge in [0.25, 0.3) is 15.9 Å². The molecule has 0 radical (unpaired) electrons. The van der Waals surface area contributed by atoms with Crippen LogP contribution in [0.1, 0.15) is 5.56 Å². The SMILES string of the molecule is C=CCOc1cccc(/C=N\NC(=O)CN(c2ccc(Cl)cc2)S(=O)(=O)c2ccc(OC)cc2)c1. The summed E-state index contributed by atoms with van der Waals surface area (Å²) < 4.78 is 38.3. The first kappa shape index (κ1) is 25.8. The third-order valence-corrected chi connectivity index (χ3v) is 6.72. The van der Waals surface area contributed by atoms with Crippen molar-refractivity contribution in [3.05, 3.63) is 96.0 Å². The molecule has 3 aromatic rings. The van der Waals surface area contributed by atoms with Gasteiger partial charge in [-0.3, -0.25) is 9.10 Å². The Morgan fingerprint density at radius 1 is 1.09 bits per heavy atom. The Kier molecular flexibility index (Phi) is 8.88. The summed E-state index contributed by atoms with van der Waals surface area (Å²) in [6, 6.07) is 19.1. The highest BCUT2D eigenvalue weighted by Gasteiger charge is 2.27. The maximum Gasteiger partial charge on any atom is 0.264 e. The smallest absolute Gasteiger partial charge is 0.264 e. The van der Waals surface area contributed by atoms with Gasteiger partial charge in [0.2, 0.25) is 0 Å². The van der Waals surface area contributed by atoms with E-state index in [1.54, 1.807) is 42.5 Å². The number of rotatable bonds is 11. The lowest BCUT2D eigenvalue weighted by atomic mass is 10.2. The number of carbonyl (C=O) groups is 1. The van der Waals surface area contributed by atoms with E-state index in [4.69, 9.17) is 21.1 Å². The van der Waals surface area contributed by atoms with Gasteiger partial charge < -0.3 is 9.47 Å². The largest absolute Gasteiger partial charge is 0.497 e. The van der Waals surface area contributed by atoms with Crippen molar-refractivity contribution in [1.82, 2.24) is 5.43 Å². The molecule has 1 amide bonds. The van der Waals surface area contributed by atoms with Crippen LogP contribution in [-0.2, 0) is 14.8 Å². The molecule has 8 nitrogen and oxygen atoms in total. The number of hydrogen-bond acceptors (Lipinski definition) is 6. The van der Waals surface area contributed by atoms with Crippen LogP contribution >= 0.6 is 11.6 Å². The summed E-state index contributed by atoms with van der Waals surface area (Å²) in [5, 5.41) is 4.38. The highest BCUT2D eigenvalue weighted by atomic mass is 35.5. The van der Waals surface area contributed by atoms with Gasteiger partial charge in [-0.1, -0.05) is 36.4 Å². The van der Waals surface area contributed by atoms with E-state index >= 15 is 0 Å². The van der Waals surface area contributed by atoms with Crippen LogP contribution < -0.4 is 19.2 Å². The van der Waals surface area contributed by atoms with Gasteiger partial charge in [-0.15, -0.1) is 0 Å². The average Bonchev–Trinajstić information content (AvgIpc) is 2.87. The minimum Gasteiger partial charge on any atom is -0.497 e. The summed E-state index contributed by atoms with van der Waals surface area (Å²) in [6.45, 7) is 3.46. The second kappa shape index (κ2) is 12.0. The highest BCUT2D eigenvalue weighted by molar-refractivity contribution is 7.92. The zero-order chi connectivity index (χ0) is 25.3. The standard InChI is InChI=1S/C25H24ClN3O5S/c1-3-15-34-23-6-4-5-19(16-23)17-27-28-25(30)18-29(21-9-7-20(26)8-10-21)35(31,32)24-13-11-22(33-2)12-14-24/h3-14,16-17H,1,15,18H2,2H3,(H,28,30)/b27-17-. The fourth-order valence-corrected chi connectivity index (χ4v) is 4.53. The third kappa shape index (κ3) is 7.08. The van der Waals surface area contributed by atoms with Gasteiger partial charge in [-0.05, 0) is 66.2 Å². The van der Waals surface area contributed by atoms with Crippen molar-refractivity contribution in [2.24, 2.45) is 5.10 Å². The number of methoxy groups -OCH3 is 1. The Balaban J connectivity index is 1.78. The Bertz CT molecular complexity index is 1290. The molecule has 0 unspecified atom stereocenters. The lowest BCUT2D eigenvalue weighted by Crippen LogP contribution is -2.39. The topological polar surface area (TPSA) is 97.3 Å². The molecule has 0 heterocycles. The maximum absolute atomic E-state index is 13.4. The Morgan fingerprint density at radius 3 is 2.46 bits per heavy atom. The van der Waals surface area contributed by atoms with Gasteiger partial charge in [-0.2, -0.15) is 5.10 Å². The Morgan fingerprint density at radius 2 is 1.80 bits per heavy atom. The number of carbonyl (C=O) groups excluding carboxylic acids is 1. The molecule has 0 aliphatic rings. The summed E-state index contributed by atoms with van der Waals surface area (Å²) in [7, 11) is -2.60. The third-order valence-electron chi connectivity index (χ3n) is 4.68. The molecule has 0 bridgehead atoms. The summed E-state index contributed by atoms with van der Waals surface area (Å²) in [4.78, 5) is 12.7. The number of sulfonamides is 1. The number of halogens is 1. The number of hydrogen-bond donors (Lipinski definition) is 1. The van der Waals surface area contributed by atoms with Gasteiger partial charge in [-0.25, -0.2) is 13.8 Å². The molecular weight excluding hydrogens is 490 g/mol. The number of hydrazone groups is 1. The van der Waals surface area contributed by atoms with Gasteiger partial charge in [0.1, 0.15) is 24.7 Å². The van der Waals surface area contributed by atoms with Crippen LogP contribution in [0.4, 0.5) is 5.69 Å². The van der Waals surface area contributed by atoms with Gasteiger partial charge in [0.15, 0.2) is 0 Å². The van der Waals surface area contributed by atoms with Crippen LogP contribution in [0.2, 0.25) is 5.02 Å². The maximum atomic E-state index is 13.4. The second-order valence-corrected chi connectivity index (χ2v) is 9.43. The molecule has 3 aromatic carbocycles. The van der Waals surface area contributed by atoms with Gasteiger partial charge >= 0.3 is 0 Å². The molecule has 0 fully saturated rings. The van der Waals surface area contributed by atoms with Crippen molar-refractivity contribution in [2.75, 3.05) is 24.6 Å². The van der Waals surface area contributed by atoms with Gasteiger partial charge in [0.05, 0.1) is 23.9 Å². The lowest BCUT2D eigenvalue weighted by molar-refractivity contribution is -0.119. The van der Waals surface area contributed by atoms with Crippen LogP contribution in [-0.4, -0.2) is 40.8 Å². The zero-order valence-corrected chi connectivity index (χ0v) is 20.5. The number of nitrogens with zero attached hydrogens (tertiary/aromatic N) is 2. The number of benzene rings is 3. The highest BCUT2D eigenvalue weighted by Crippen LogP contribution is 2.26. The fourth-order valence-electron chi connectivity index (χ4n) is 2.98. The van der Waals surface area contributed by atoms with E-state index in [1.165, 1.54) is 49.7 Å². The molecule has 0 saturated carbocycles. The number of amides is 1. The minimum atomic E-state index is -4.08. The fraction of sp³-hybridized carbons (Fsp3) is 0.120. The van der Waals surface area contributed by atoms with Crippen LogP contribution in [0.15, 0.2) is 95.4 Å². The molecule has 0 spiro atoms. The first-order valence-electron chi connectivity index (χ1n) is 10.4. The number of nitrogens with one attached hydrogen (secondary N) is 1. The lowest BCUT2D eigenvalue weighted by Gasteiger charge is -2.23. The molecule has 0 atom stereocenters. The van der Waals surface area contributed by atoms with E-state index < -0.39 is 22.5 Å². The van der Waals surface area contributed by atoms with E-state index in [9.17, 15) is 13.2 Å². The summed E-state index contributed by atoms with van der Waals surface area (Å²) >= 11 is 5.96. The molecular formula is C25H24ClN3O5S. The van der Waals surface area contributed by atoms with Crippen LogP contribution in [0.5, 0.6) is 11.5 Å². The average molecular weight is 514 g/mol. The van der Waals surface area contributed by atoms with Crippen molar-refractivity contribution < 1.29 is 22.7 Å². The molecule has 3 rings (SSSR count). The molecule has 0 aromatic heterocycles. The first-order valence-corrected chi connectivity index (χ1v) is 12.2. The van der Waals surface area contributed by atoms with Crippen LogP contribution in [0.3, 0.4) is 0 Å². The van der Waals surface area contributed by atoms with Gasteiger partial charge in [0, 0.05) is 5.02 Å². The normalized spacial score (nSPS) is 11.1. The number of anilines is 1.